The van der Waals surface area contributed by atoms with Gasteiger partial charge < -0.3 is 0 Å². The van der Waals surface area contributed by atoms with Gasteiger partial charge in [0.25, 0.3) is 0 Å². The number of Topliss-reactive ketones (excluding diaryl/α,β-unsaturated/α-hetero) is 1. The Morgan fingerprint density at radius 1 is 1.44 bits per heavy atom. The van der Waals surface area contributed by atoms with E-state index >= 15 is 0 Å². The van der Waals surface area contributed by atoms with E-state index in [-0.39, 0.29) is 11.8 Å². The number of hydrogen-bond acceptors (Lipinski definition) is 2. The Bertz CT molecular complexity index is 557. The van der Waals surface area contributed by atoms with Gasteiger partial charge in [0.2, 0.25) is 0 Å². The zero-order valence-corrected chi connectivity index (χ0v) is 10.2. The highest BCUT2D eigenvalue weighted by atomic mass is 35.5. The summed E-state index contributed by atoms with van der Waals surface area (Å²) < 4.78 is 1.76. The number of nitrogens with zero attached hydrogens (tertiary/aromatic N) is 2. The third kappa shape index (κ3) is 1.71. The van der Waals surface area contributed by atoms with E-state index < -0.39 is 0 Å². The van der Waals surface area contributed by atoms with Crippen LogP contribution in [0.2, 0.25) is 5.15 Å². The second-order valence-electron chi connectivity index (χ2n) is 4.12. The van der Waals surface area contributed by atoms with Crippen LogP contribution in [-0.4, -0.2) is 15.6 Å². The van der Waals surface area contributed by atoms with E-state index in [4.69, 9.17) is 11.6 Å². The fourth-order valence-corrected chi connectivity index (χ4v) is 2.02. The lowest BCUT2D eigenvalue weighted by atomic mass is 10.1. The normalized spacial score (nSPS) is 11.3. The number of halogens is 1. The Morgan fingerprint density at radius 3 is 2.69 bits per heavy atom. The predicted octanol–water partition coefficient (Wildman–Crippen LogP) is 3.47. The molecule has 0 atom stereocenters. The summed E-state index contributed by atoms with van der Waals surface area (Å²) in [4.78, 5) is 11.3. The zero-order valence-electron chi connectivity index (χ0n) is 9.49. The predicted molar refractivity (Wildman–Crippen MR) is 65.1 cm³/mol. The summed E-state index contributed by atoms with van der Waals surface area (Å²) in [7, 11) is 0. The van der Waals surface area contributed by atoms with Gasteiger partial charge in [0, 0.05) is 17.0 Å². The van der Waals surface area contributed by atoms with Crippen molar-refractivity contribution in [1.82, 2.24) is 9.78 Å². The quantitative estimate of drug-likeness (QED) is 0.749. The molecule has 0 saturated carbocycles. The molecular formula is C12H13ClN2O. The van der Waals surface area contributed by atoms with Crippen LogP contribution in [0.5, 0.6) is 0 Å². The van der Waals surface area contributed by atoms with Crippen LogP contribution in [0.3, 0.4) is 0 Å². The minimum atomic E-state index is 0.0373. The summed E-state index contributed by atoms with van der Waals surface area (Å²) in [5.74, 6) is 0.0373. The highest BCUT2D eigenvalue weighted by molar-refractivity contribution is 6.34. The second kappa shape index (κ2) is 3.91. The SMILES string of the molecule is CC(=O)c1ccc2nn(C(C)C)c(Cl)c2c1. The Morgan fingerprint density at radius 2 is 2.12 bits per heavy atom. The Hall–Kier alpha value is -1.35. The first kappa shape index (κ1) is 11.1. The molecule has 84 valence electrons. The summed E-state index contributed by atoms with van der Waals surface area (Å²) in [6, 6.07) is 5.61. The standard InChI is InChI=1S/C12H13ClN2O/c1-7(2)15-12(13)10-6-9(8(3)16)4-5-11(10)14-15/h4-7H,1-3H3. The molecule has 2 aromatic rings. The van der Waals surface area contributed by atoms with E-state index in [2.05, 4.69) is 5.10 Å². The van der Waals surface area contributed by atoms with Crippen molar-refractivity contribution in [1.29, 1.82) is 0 Å². The lowest BCUT2D eigenvalue weighted by Gasteiger charge is -2.05. The van der Waals surface area contributed by atoms with Crippen LogP contribution in [0.4, 0.5) is 0 Å². The molecule has 3 nitrogen and oxygen atoms in total. The Kier molecular flexibility index (Phi) is 2.72. The number of carbonyl (C=O) groups is 1. The highest BCUT2D eigenvalue weighted by Crippen LogP contribution is 2.26. The summed E-state index contributed by atoms with van der Waals surface area (Å²) in [5.41, 5.74) is 1.49. The van der Waals surface area contributed by atoms with Gasteiger partial charge in [0.1, 0.15) is 5.15 Å². The molecule has 16 heavy (non-hydrogen) atoms. The number of rotatable bonds is 2. The van der Waals surface area contributed by atoms with Gasteiger partial charge in [-0.1, -0.05) is 11.6 Å². The van der Waals surface area contributed by atoms with Gasteiger partial charge in [-0.05, 0) is 39.0 Å². The molecule has 0 bridgehead atoms. The lowest BCUT2D eigenvalue weighted by Crippen LogP contribution is -2.01. The third-order valence-corrected chi connectivity index (χ3v) is 2.91. The molecule has 0 radical (unpaired) electrons. The van der Waals surface area contributed by atoms with E-state index in [1.54, 1.807) is 23.7 Å². The van der Waals surface area contributed by atoms with Gasteiger partial charge in [-0.2, -0.15) is 5.10 Å². The molecule has 2 rings (SSSR count). The maximum Gasteiger partial charge on any atom is 0.159 e. The van der Waals surface area contributed by atoms with Crippen LogP contribution in [0.25, 0.3) is 10.9 Å². The largest absolute Gasteiger partial charge is 0.295 e. The van der Waals surface area contributed by atoms with Crippen molar-refractivity contribution >= 4 is 28.3 Å². The van der Waals surface area contributed by atoms with Crippen LogP contribution in [0.15, 0.2) is 18.2 Å². The molecule has 0 saturated heterocycles. The minimum absolute atomic E-state index is 0.0373. The summed E-state index contributed by atoms with van der Waals surface area (Å²) >= 11 is 6.22. The second-order valence-corrected chi connectivity index (χ2v) is 4.48. The van der Waals surface area contributed by atoms with Crippen LogP contribution in [0, 0.1) is 0 Å². The van der Waals surface area contributed by atoms with Gasteiger partial charge >= 0.3 is 0 Å². The van der Waals surface area contributed by atoms with E-state index in [0.717, 1.165) is 10.9 Å². The van der Waals surface area contributed by atoms with Crippen molar-refractivity contribution in [3.05, 3.63) is 28.9 Å². The van der Waals surface area contributed by atoms with Gasteiger partial charge in [-0.15, -0.1) is 0 Å². The van der Waals surface area contributed by atoms with Gasteiger partial charge in [0.15, 0.2) is 5.78 Å². The van der Waals surface area contributed by atoms with Crippen molar-refractivity contribution in [3.8, 4) is 0 Å². The lowest BCUT2D eigenvalue weighted by molar-refractivity contribution is 0.101. The summed E-state index contributed by atoms with van der Waals surface area (Å²) in [6.45, 7) is 5.58. The molecule has 0 amide bonds. The molecule has 4 heteroatoms. The van der Waals surface area contributed by atoms with E-state index in [1.807, 2.05) is 19.9 Å². The van der Waals surface area contributed by atoms with Gasteiger partial charge in [-0.25, -0.2) is 0 Å². The smallest absolute Gasteiger partial charge is 0.159 e. The average molecular weight is 237 g/mol. The maximum atomic E-state index is 11.3. The molecule has 0 N–H and O–H groups in total. The maximum absolute atomic E-state index is 11.3. The fourth-order valence-electron chi connectivity index (χ4n) is 1.63. The molecule has 0 unspecified atom stereocenters. The molecule has 0 aliphatic heterocycles. The van der Waals surface area contributed by atoms with Crippen molar-refractivity contribution in [2.24, 2.45) is 0 Å². The van der Waals surface area contributed by atoms with Crippen LogP contribution >= 0.6 is 11.6 Å². The first-order valence-electron chi connectivity index (χ1n) is 5.19. The summed E-state index contributed by atoms with van der Waals surface area (Å²) in [6.07, 6.45) is 0. The first-order valence-corrected chi connectivity index (χ1v) is 5.57. The van der Waals surface area contributed by atoms with Gasteiger partial charge in [0.05, 0.1) is 5.52 Å². The number of fused-ring (bicyclic) bond motifs is 1. The molecule has 1 aromatic heterocycles. The molecule has 0 fully saturated rings. The van der Waals surface area contributed by atoms with Crippen LogP contribution in [0.1, 0.15) is 37.2 Å². The molecule has 0 aliphatic rings. The number of carbonyl (C=O) groups excluding carboxylic acids is 1. The molecule has 1 aromatic carbocycles. The van der Waals surface area contributed by atoms with Crippen LogP contribution < -0.4 is 0 Å². The average Bonchev–Trinajstić information content (AvgIpc) is 2.56. The van der Waals surface area contributed by atoms with Crippen molar-refractivity contribution in [2.45, 2.75) is 26.8 Å². The number of aromatic nitrogens is 2. The topological polar surface area (TPSA) is 34.9 Å². The molecule has 0 aliphatic carbocycles. The Labute approximate surface area is 99.0 Å². The van der Waals surface area contributed by atoms with E-state index in [1.165, 1.54) is 0 Å². The number of ketones is 1. The van der Waals surface area contributed by atoms with E-state index in [9.17, 15) is 4.79 Å². The minimum Gasteiger partial charge on any atom is -0.295 e. The van der Waals surface area contributed by atoms with Crippen molar-refractivity contribution in [2.75, 3.05) is 0 Å². The molecule has 1 heterocycles. The van der Waals surface area contributed by atoms with Gasteiger partial charge in [-0.3, -0.25) is 9.48 Å². The third-order valence-electron chi connectivity index (χ3n) is 2.53. The monoisotopic (exact) mass is 236 g/mol. The number of benzene rings is 1. The van der Waals surface area contributed by atoms with Crippen molar-refractivity contribution < 1.29 is 4.79 Å². The Balaban J connectivity index is 2.69. The van der Waals surface area contributed by atoms with Crippen LogP contribution in [-0.2, 0) is 0 Å². The summed E-state index contributed by atoms with van der Waals surface area (Å²) in [5, 5.41) is 5.81. The van der Waals surface area contributed by atoms with Crippen molar-refractivity contribution in [3.63, 3.8) is 0 Å². The van der Waals surface area contributed by atoms with E-state index in [0.29, 0.717) is 10.7 Å². The zero-order chi connectivity index (χ0) is 11.9. The fraction of sp³-hybridized carbons (Fsp3) is 0.333. The highest BCUT2D eigenvalue weighted by Gasteiger charge is 2.12. The first-order chi connectivity index (χ1) is 7.50. The number of hydrogen-bond donors (Lipinski definition) is 0. The molecule has 0 spiro atoms. The molecular weight excluding hydrogens is 224 g/mol.